The first-order valence-electron chi connectivity index (χ1n) is 5.71. The third-order valence-corrected chi connectivity index (χ3v) is 3.88. The minimum atomic E-state index is 0.369. The predicted molar refractivity (Wildman–Crippen MR) is 60.5 cm³/mol. The first kappa shape index (κ1) is 10.3. The largest absolute Gasteiger partial charge is 0.342 e. The number of thiol groups is 1. The molecule has 1 aliphatic heterocycles. The molecule has 1 saturated heterocycles. The van der Waals surface area contributed by atoms with Crippen molar-refractivity contribution in [1.29, 1.82) is 0 Å². The second kappa shape index (κ2) is 4.56. The van der Waals surface area contributed by atoms with E-state index in [1.165, 1.54) is 25.7 Å². The van der Waals surface area contributed by atoms with Gasteiger partial charge in [0.2, 0.25) is 5.91 Å². The number of hydrogen-bond donors (Lipinski definition) is 1. The van der Waals surface area contributed by atoms with Gasteiger partial charge in [0, 0.05) is 24.8 Å². The number of carbonyl (C=O) groups is 1. The topological polar surface area (TPSA) is 20.3 Å². The van der Waals surface area contributed by atoms with Gasteiger partial charge in [0.25, 0.3) is 0 Å². The summed E-state index contributed by atoms with van der Waals surface area (Å²) in [7, 11) is 0. The van der Waals surface area contributed by atoms with Crippen LogP contribution >= 0.6 is 12.6 Å². The van der Waals surface area contributed by atoms with E-state index < -0.39 is 0 Å². The van der Waals surface area contributed by atoms with Gasteiger partial charge in [-0.15, -0.1) is 0 Å². The van der Waals surface area contributed by atoms with E-state index in [0.717, 1.165) is 25.9 Å². The molecule has 0 aromatic carbocycles. The lowest BCUT2D eigenvalue weighted by Crippen LogP contribution is -2.30. The summed E-state index contributed by atoms with van der Waals surface area (Å²) in [6.07, 6.45) is 7.05. The van der Waals surface area contributed by atoms with Gasteiger partial charge >= 0.3 is 0 Å². The lowest BCUT2D eigenvalue weighted by Gasteiger charge is -2.17. The van der Waals surface area contributed by atoms with Crippen molar-refractivity contribution in [3.05, 3.63) is 0 Å². The Bertz CT molecular complexity index is 213. The predicted octanol–water partition coefficient (Wildman–Crippen LogP) is 2.10. The van der Waals surface area contributed by atoms with Crippen molar-refractivity contribution in [3.8, 4) is 0 Å². The van der Waals surface area contributed by atoms with Crippen molar-refractivity contribution >= 4 is 18.5 Å². The summed E-state index contributed by atoms with van der Waals surface area (Å²) in [6.45, 7) is 1.80. The standard InChI is InChI=1S/C11H19NOS/c13-11(7-9-3-1-2-4-9)12-6-5-10(14)8-12/h9-10,14H,1-8H2. The zero-order valence-corrected chi connectivity index (χ0v) is 9.51. The molecule has 1 atom stereocenters. The molecule has 80 valence electrons. The molecule has 2 rings (SSSR count). The van der Waals surface area contributed by atoms with Gasteiger partial charge < -0.3 is 4.90 Å². The number of carbonyl (C=O) groups excluding carboxylic acids is 1. The van der Waals surface area contributed by atoms with Crippen LogP contribution in [0.2, 0.25) is 0 Å². The van der Waals surface area contributed by atoms with E-state index >= 15 is 0 Å². The Morgan fingerprint density at radius 2 is 2.00 bits per heavy atom. The number of nitrogens with zero attached hydrogens (tertiary/aromatic N) is 1. The molecule has 2 fully saturated rings. The van der Waals surface area contributed by atoms with Crippen LogP contribution in [-0.4, -0.2) is 29.1 Å². The van der Waals surface area contributed by atoms with Crippen LogP contribution < -0.4 is 0 Å². The number of amides is 1. The average Bonchev–Trinajstić information content (AvgIpc) is 2.75. The molecule has 0 aromatic heterocycles. The van der Waals surface area contributed by atoms with Crippen LogP contribution in [0.5, 0.6) is 0 Å². The second-order valence-corrected chi connectivity index (χ2v) is 5.37. The maximum atomic E-state index is 11.8. The molecular formula is C11H19NOS. The summed E-state index contributed by atoms with van der Waals surface area (Å²) in [5, 5.41) is 0.419. The third-order valence-electron chi connectivity index (χ3n) is 3.45. The third kappa shape index (κ3) is 2.44. The van der Waals surface area contributed by atoms with E-state index in [1.54, 1.807) is 0 Å². The van der Waals surface area contributed by atoms with Crippen LogP contribution in [0.15, 0.2) is 0 Å². The first-order valence-corrected chi connectivity index (χ1v) is 6.23. The fourth-order valence-corrected chi connectivity index (χ4v) is 2.87. The van der Waals surface area contributed by atoms with Crippen LogP contribution in [0.3, 0.4) is 0 Å². The van der Waals surface area contributed by atoms with E-state index in [1.807, 2.05) is 4.90 Å². The molecule has 1 heterocycles. The lowest BCUT2D eigenvalue weighted by atomic mass is 10.0. The molecule has 14 heavy (non-hydrogen) atoms. The molecule has 1 aliphatic carbocycles. The van der Waals surface area contributed by atoms with Gasteiger partial charge in [0.15, 0.2) is 0 Å². The van der Waals surface area contributed by atoms with Crippen LogP contribution in [-0.2, 0) is 4.79 Å². The first-order chi connectivity index (χ1) is 6.75. The number of likely N-dealkylation sites (tertiary alicyclic amines) is 1. The summed E-state index contributed by atoms with van der Waals surface area (Å²) in [5.74, 6) is 1.05. The molecule has 0 bridgehead atoms. The highest BCUT2D eigenvalue weighted by molar-refractivity contribution is 7.81. The van der Waals surface area contributed by atoms with Crippen molar-refractivity contribution in [2.45, 2.75) is 43.8 Å². The van der Waals surface area contributed by atoms with Crippen LogP contribution in [0.4, 0.5) is 0 Å². The Morgan fingerprint density at radius 1 is 1.29 bits per heavy atom. The molecule has 1 unspecified atom stereocenters. The second-order valence-electron chi connectivity index (χ2n) is 4.64. The number of rotatable bonds is 2. The van der Waals surface area contributed by atoms with E-state index in [-0.39, 0.29) is 0 Å². The van der Waals surface area contributed by atoms with E-state index in [0.29, 0.717) is 17.1 Å². The van der Waals surface area contributed by atoms with Gasteiger partial charge in [0.05, 0.1) is 0 Å². The molecule has 2 nitrogen and oxygen atoms in total. The zero-order valence-electron chi connectivity index (χ0n) is 8.61. The number of hydrogen-bond acceptors (Lipinski definition) is 2. The molecular weight excluding hydrogens is 194 g/mol. The van der Waals surface area contributed by atoms with Gasteiger partial charge in [-0.2, -0.15) is 12.6 Å². The van der Waals surface area contributed by atoms with Crippen molar-refractivity contribution < 1.29 is 4.79 Å². The van der Waals surface area contributed by atoms with Gasteiger partial charge in [-0.05, 0) is 25.2 Å². The van der Waals surface area contributed by atoms with Crippen molar-refractivity contribution in [3.63, 3.8) is 0 Å². The maximum Gasteiger partial charge on any atom is 0.222 e. The van der Waals surface area contributed by atoms with Gasteiger partial charge in [-0.25, -0.2) is 0 Å². The summed E-state index contributed by atoms with van der Waals surface area (Å²) < 4.78 is 0. The zero-order chi connectivity index (χ0) is 9.97. The molecule has 0 N–H and O–H groups in total. The fraction of sp³-hybridized carbons (Fsp3) is 0.909. The smallest absolute Gasteiger partial charge is 0.222 e. The van der Waals surface area contributed by atoms with Gasteiger partial charge in [0.1, 0.15) is 0 Å². The van der Waals surface area contributed by atoms with Gasteiger partial charge in [-0.3, -0.25) is 4.79 Å². The Morgan fingerprint density at radius 3 is 2.57 bits per heavy atom. The average molecular weight is 213 g/mol. The minimum Gasteiger partial charge on any atom is -0.342 e. The minimum absolute atomic E-state index is 0.369. The van der Waals surface area contributed by atoms with Crippen molar-refractivity contribution in [2.75, 3.05) is 13.1 Å². The summed E-state index contributed by atoms with van der Waals surface area (Å²) in [5.41, 5.74) is 0. The quantitative estimate of drug-likeness (QED) is 0.697. The van der Waals surface area contributed by atoms with Crippen molar-refractivity contribution in [1.82, 2.24) is 4.90 Å². The summed E-state index contributed by atoms with van der Waals surface area (Å²) in [6, 6.07) is 0. The highest BCUT2D eigenvalue weighted by Crippen LogP contribution is 2.28. The Hall–Kier alpha value is -0.180. The van der Waals surface area contributed by atoms with Crippen molar-refractivity contribution in [2.24, 2.45) is 5.92 Å². The molecule has 1 amide bonds. The summed E-state index contributed by atoms with van der Waals surface area (Å²) in [4.78, 5) is 13.8. The van der Waals surface area contributed by atoms with Gasteiger partial charge in [-0.1, -0.05) is 12.8 Å². The molecule has 0 aromatic rings. The Labute approximate surface area is 91.5 Å². The summed E-state index contributed by atoms with van der Waals surface area (Å²) >= 11 is 4.40. The van der Waals surface area contributed by atoms with E-state index in [9.17, 15) is 4.79 Å². The highest BCUT2D eigenvalue weighted by Gasteiger charge is 2.26. The molecule has 2 aliphatic rings. The lowest BCUT2D eigenvalue weighted by molar-refractivity contribution is -0.131. The molecule has 1 saturated carbocycles. The van der Waals surface area contributed by atoms with Crippen LogP contribution in [0, 0.1) is 5.92 Å². The van der Waals surface area contributed by atoms with Crippen LogP contribution in [0.25, 0.3) is 0 Å². The van der Waals surface area contributed by atoms with Crippen LogP contribution in [0.1, 0.15) is 38.5 Å². The molecule has 3 heteroatoms. The highest BCUT2D eigenvalue weighted by atomic mass is 32.1. The Kier molecular flexibility index (Phi) is 3.37. The maximum absolute atomic E-state index is 11.8. The van der Waals surface area contributed by atoms with E-state index in [4.69, 9.17) is 0 Å². The SMILES string of the molecule is O=C(CC1CCCC1)N1CCC(S)C1. The molecule has 0 radical (unpaired) electrons. The monoisotopic (exact) mass is 213 g/mol. The normalized spacial score (nSPS) is 28.6. The van der Waals surface area contributed by atoms with E-state index in [2.05, 4.69) is 12.6 Å². The Balaban J connectivity index is 1.77. The fourth-order valence-electron chi connectivity index (χ4n) is 2.56. The molecule has 0 spiro atoms.